The van der Waals surface area contributed by atoms with Gasteiger partial charge in [-0.05, 0) is 60.4 Å². The molecule has 3 N–H and O–H groups in total. The van der Waals surface area contributed by atoms with Crippen molar-refractivity contribution in [1.29, 1.82) is 0 Å². The molecule has 0 spiro atoms. The van der Waals surface area contributed by atoms with Gasteiger partial charge in [-0.15, -0.1) is 0 Å². The van der Waals surface area contributed by atoms with Crippen LogP contribution in [0.4, 0.5) is 5.69 Å². The second-order valence-electron chi connectivity index (χ2n) is 8.01. The molecule has 0 saturated heterocycles. The molecule has 0 bridgehead atoms. The van der Waals surface area contributed by atoms with E-state index in [0.29, 0.717) is 34.6 Å². The number of hydrogen-bond acceptors (Lipinski definition) is 3. The third-order valence-electron chi connectivity index (χ3n) is 5.58. The predicted molar refractivity (Wildman–Crippen MR) is 138 cm³/mol. The molecule has 0 aliphatic heterocycles. The highest BCUT2D eigenvalue weighted by Gasteiger charge is 2.21. The molecular formula is C27H25ClN4O3. The Kier molecular flexibility index (Phi) is 7.48. The fourth-order valence-corrected chi connectivity index (χ4v) is 3.87. The van der Waals surface area contributed by atoms with Crippen LogP contribution in [0.15, 0.2) is 78.9 Å². The van der Waals surface area contributed by atoms with Crippen molar-refractivity contribution in [3.05, 3.63) is 101 Å². The van der Waals surface area contributed by atoms with E-state index in [2.05, 4.69) is 23.0 Å². The number of anilines is 1. The summed E-state index contributed by atoms with van der Waals surface area (Å²) in [6.45, 7) is 2.36. The molecule has 4 rings (SSSR count). The van der Waals surface area contributed by atoms with Gasteiger partial charge in [-0.25, -0.2) is 4.68 Å². The summed E-state index contributed by atoms with van der Waals surface area (Å²) >= 11 is 6.12. The first kappa shape index (κ1) is 24.0. The summed E-state index contributed by atoms with van der Waals surface area (Å²) in [7, 11) is 0. The van der Waals surface area contributed by atoms with Crippen molar-refractivity contribution in [3.8, 4) is 0 Å². The second-order valence-corrected chi connectivity index (χ2v) is 8.44. The number of nitrogens with zero attached hydrogens (tertiary/aromatic N) is 1. The van der Waals surface area contributed by atoms with Gasteiger partial charge in [-0.2, -0.15) is 0 Å². The fourth-order valence-electron chi connectivity index (χ4n) is 3.69. The average molecular weight is 489 g/mol. The lowest BCUT2D eigenvalue weighted by Crippen LogP contribution is -2.40. The van der Waals surface area contributed by atoms with Crippen molar-refractivity contribution in [2.75, 3.05) is 17.3 Å². The Morgan fingerprint density at radius 1 is 0.857 bits per heavy atom. The lowest BCUT2D eigenvalue weighted by atomic mass is 10.1. The SMILES string of the molecule is CCc1ccc(NC(=O)c2cc3cc(Cl)ccc3n2NC(=O)C(=O)NCCc2ccccc2)cc1. The molecule has 35 heavy (non-hydrogen) atoms. The van der Waals surface area contributed by atoms with Gasteiger partial charge >= 0.3 is 11.8 Å². The number of aromatic nitrogens is 1. The van der Waals surface area contributed by atoms with Gasteiger partial charge in [0, 0.05) is 22.6 Å². The molecule has 7 nitrogen and oxygen atoms in total. The minimum atomic E-state index is -0.883. The normalized spacial score (nSPS) is 10.7. The molecule has 0 atom stereocenters. The molecule has 0 aliphatic carbocycles. The topological polar surface area (TPSA) is 92.2 Å². The van der Waals surface area contributed by atoms with E-state index in [9.17, 15) is 14.4 Å². The Hall–Kier alpha value is -4.10. The maximum Gasteiger partial charge on any atom is 0.328 e. The van der Waals surface area contributed by atoms with Crippen LogP contribution in [0.25, 0.3) is 10.9 Å². The van der Waals surface area contributed by atoms with E-state index < -0.39 is 17.7 Å². The Morgan fingerprint density at radius 3 is 2.31 bits per heavy atom. The van der Waals surface area contributed by atoms with Crippen molar-refractivity contribution in [3.63, 3.8) is 0 Å². The number of carbonyl (C=O) groups excluding carboxylic acids is 3. The van der Waals surface area contributed by atoms with Crippen molar-refractivity contribution < 1.29 is 14.4 Å². The first-order chi connectivity index (χ1) is 16.9. The summed E-state index contributed by atoms with van der Waals surface area (Å²) in [5.74, 6) is -2.11. The third kappa shape index (κ3) is 5.88. The minimum Gasteiger partial charge on any atom is -0.347 e. The summed E-state index contributed by atoms with van der Waals surface area (Å²) in [4.78, 5) is 38.2. The molecule has 0 saturated carbocycles. The van der Waals surface area contributed by atoms with E-state index in [4.69, 9.17) is 11.6 Å². The van der Waals surface area contributed by atoms with Crippen molar-refractivity contribution >= 4 is 45.9 Å². The Balaban J connectivity index is 1.51. The number of fused-ring (bicyclic) bond motifs is 1. The van der Waals surface area contributed by atoms with Crippen molar-refractivity contribution in [2.24, 2.45) is 0 Å². The summed E-state index contributed by atoms with van der Waals surface area (Å²) in [6.07, 6.45) is 1.48. The molecule has 0 radical (unpaired) electrons. The van der Waals surface area contributed by atoms with Crippen LogP contribution in [0.1, 0.15) is 28.5 Å². The number of benzene rings is 3. The maximum atomic E-state index is 13.1. The molecular weight excluding hydrogens is 464 g/mol. The second kappa shape index (κ2) is 10.9. The Labute approximate surface area is 208 Å². The van der Waals surface area contributed by atoms with Crippen LogP contribution >= 0.6 is 11.6 Å². The number of amides is 3. The molecule has 1 aromatic heterocycles. The number of aryl methyl sites for hydroxylation is 1. The zero-order valence-corrected chi connectivity index (χ0v) is 19.9. The lowest BCUT2D eigenvalue weighted by molar-refractivity contribution is -0.136. The van der Waals surface area contributed by atoms with Crippen LogP contribution in [-0.4, -0.2) is 28.9 Å². The molecule has 0 fully saturated rings. The number of nitrogens with one attached hydrogen (secondary N) is 3. The monoisotopic (exact) mass is 488 g/mol. The minimum absolute atomic E-state index is 0.160. The summed E-state index contributed by atoms with van der Waals surface area (Å²) < 4.78 is 1.31. The lowest BCUT2D eigenvalue weighted by Gasteiger charge is -2.13. The number of rotatable bonds is 7. The quantitative estimate of drug-likeness (QED) is 0.333. The van der Waals surface area contributed by atoms with Gasteiger partial charge in [-0.3, -0.25) is 19.8 Å². The molecule has 1 heterocycles. The van der Waals surface area contributed by atoms with E-state index in [1.165, 1.54) is 4.68 Å². The first-order valence-corrected chi connectivity index (χ1v) is 11.7. The highest BCUT2D eigenvalue weighted by Crippen LogP contribution is 2.23. The van der Waals surface area contributed by atoms with E-state index in [1.54, 1.807) is 24.3 Å². The molecule has 3 aromatic carbocycles. The van der Waals surface area contributed by atoms with Gasteiger partial charge in [0.15, 0.2) is 0 Å². The van der Waals surface area contributed by atoms with Crippen LogP contribution in [0.3, 0.4) is 0 Å². The highest BCUT2D eigenvalue weighted by molar-refractivity contribution is 6.38. The summed E-state index contributed by atoms with van der Waals surface area (Å²) in [5.41, 5.74) is 6.06. The first-order valence-electron chi connectivity index (χ1n) is 11.3. The summed E-state index contributed by atoms with van der Waals surface area (Å²) in [5, 5.41) is 6.58. The van der Waals surface area contributed by atoms with Crippen LogP contribution in [0.5, 0.6) is 0 Å². The van der Waals surface area contributed by atoms with Crippen LogP contribution in [0.2, 0.25) is 5.02 Å². The standard InChI is InChI=1S/C27H25ClN4O3/c1-2-18-8-11-22(12-9-18)30-25(33)24-17-20-16-21(28)10-13-23(20)32(24)31-27(35)26(34)29-15-14-19-6-4-3-5-7-19/h3-13,16-17H,2,14-15H2,1H3,(H,29,34)(H,30,33)(H,31,35). The third-order valence-corrected chi connectivity index (χ3v) is 5.81. The molecule has 3 amide bonds. The Bertz CT molecular complexity index is 1360. The van der Waals surface area contributed by atoms with E-state index in [1.807, 2.05) is 54.6 Å². The van der Waals surface area contributed by atoms with Crippen LogP contribution < -0.4 is 16.1 Å². The van der Waals surface area contributed by atoms with Gasteiger partial charge in [0.2, 0.25) is 0 Å². The molecule has 0 unspecified atom stereocenters. The Morgan fingerprint density at radius 2 is 1.60 bits per heavy atom. The molecule has 0 aliphatic rings. The van der Waals surface area contributed by atoms with Gasteiger partial charge in [0.05, 0.1) is 5.52 Å². The molecule has 8 heteroatoms. The van der Waals surface area contributed by atoms with Crippen LogP contribution in [0, 0.1) is 0 Å². The highest BCUT2D eigenvalue weighted by atomic mass is 35.5. The molecule has 4 aromatic rings. The predicted octanol–water partition coefficient (Wildman–Crippen LogP) is 4.54. The van der Waals surface area contributed by atoms with Gasteiger partial charge in [-0.1, -0.05) is 61.0 Å². The molecule has 178 valence electrons. The smallest absolute Gasteiger partial charge is 0.328 e. The van der Waals surface area contributed by atoms with Gasteiger partial charge in [0.25, 0.3) is 5.91 Å². The average Bonchev–Trinajstić information content (AvgIpc) is 3.22. The van der Waals surface area contributed by atoms with Gasteiger partial charge in [0.1, 0.15) is 5.69 Å². The zero-order valence-electron chi connectivity index (χ0n) is 19.2. The van der Waals surface area contributed by atoms with Crippen molar-refractivity contribution in [1.82, 2.24) is 9.99 Å². The van der Waals surface area contributed by atoms with E-state index >= 15 is 0 Å². The summed E-state index contributed by atoms with van der Waals surface area (Å²) in [6, 6.07) is 23.8. The fraction of sp³-hybridized carbons (Fsp3) is 0.148. The van der Waals surface area contributed by atoms with Gasteiger partial charge < -0.3 is 10.6 Å². The van der Waals surface area contributed by atoms with Crippen molar-refractivity contribution in [2.45, 2.75) is 19.8 Å². The number of carbonyl (C=O) groups is 3. The van der Waals surface area contributed by atoms with E-state index in [-0.39, 0.29) is 5.69 Å². The van der Waals surface area contributed by atoms with E-state index in [0.717, 1.165) is 17.5 Å². The largest absolute Gasteiger partial charge is 0.347 e. The zero-order chi connectivity index (χ0) is 24.8. The maximum absolute atomic E-state index is 13.1. The number of halogens is 1. The van der Waals surface area contributed by atoms with Crippen LogP contribution in [-0.2, 0) is 22.4 Å². The number of hydrogen-bond donors (Lipinski definition) is 3.